The van der Waals surface area contributed by atoms with Crippen molar-refractivity contribution in [3.63, 3.8) is 0 Å². The number of aromatic nitrogens is 1. The molecule has 0 aliphatic carbocycles. The highest BCUT2D eigenvalue weighted by Gasteiger charge is 2.07. The molecule has 1 N–H and O–H groups in total. The summed E-state index contributed by atoms with van der Waals surface area (Å²) in [4.78, 5) is 12.4. The predicted octanol–water partition coefficient (Wildman–Crippen LogP) is 4.74. The first-order chi connectivity index (χ1) is 13.7. The fourth-order valence-electron chi connectivity index (χ4n) is 3.08. The molecule has 3 aromatic rings. The number of nitrogens with one attached hydrogen (secondary N) is 1. The lowest BCUT2D eigenvalue weighted by Gasteiger charge is -2.09. The zero-order valence-corrected chi connectivity index (χ0v) is 15.9. The van der Waals surface area contributed by atoms with E-state index in [1.807, 2.05) is 72.3 Å². The van der Waals surface area contributed by atoms with Gasteiger partial charge in [0, 0.05) is 53.1 Å². The Morgan fingerprint density at radius 3 is 2.82 bits per heavy atom. The van der Waals surface area contributed by atoms with Gasteiger partial charge >= 0.3 is 0 Å². The number of rotatable bonds is 8. The first-order valence-corrected chi connectivity index (χ1v) is 9.32. The normalized spacial score (nSPS) is 11.0. The molecule has 5 nitrogen and oxygen atoms in total. The number of nitrogens with zero attached hydrogens (tertiary/aromatic N) is 2. The van der Waals surface area contributed by atoms with Gasteiger partial charge in [-0.2, -0.15) is 5.26 Å². The molecule has 0 aliphatic rings. The highest BCUT2D eigenvalue weighted by Crippen LogP contribution is 2.23. The lowest BCUT2D eigenvalue weighted by atomic mass is 10.1. The Morgan fingerprint density at radius 2 is 2.00 bits per heavy atom. The Labute approximate surface area is 164 Å². The number of nitriles is 1. The molecular formula is C23H23N3O2. The fraction of sp³-hybridized carbons (Fsp3) is 0.217. The Balaban J connectivity index is 1.77. The van der Waals surface area contributed by atoms with E-state index in [1.54, 1.807) is 0 Å². The van der Waals surface area contributed by atoms with Crippen molar-refractivity contribution < 1.29 is 9.53 Å². The second kappa shape index (κ2) is 9.54. The molecule has 0 spiro atoms. The number of ether oxygens (including phenoxy) is 1. The predicted molar refractivity (Wildman–Crippen MR) is 112 cm³/mol. The lowest BCUT2D eigenvalue weighted by Crippen LogP contribution is -2.10. The van der Waals surface area contributed by atoms with Crippen LogP contribution in [0.5, 0.6) is 0 Å². The van der Waals surface area contributed by atoms with Gasteiger partial charge in [-0.1, -0.05) is 36.4 Å². The average molecular weight is 373 g/mol. The molecule has 1 heterocycles. The Morgan fingerprint density at radius 1 is 1.21 bits per heavy atom. The van der Waals surface area contributed by atoms with Crippen LogP contribution in [0.4, 0.5) is 5.69 Å². The molecule has 0 atom stereocenters. The van der Waals surface area contributed by atoms with Crippen molar-refractivity contribution in [2.45, 2.75) is 26.5 Å². The minimum atomic E-state index is -0.196. The summed E-state index contributed by atoms with van der Waals surface area (Å²) in [5, 5.41) is 12.8. The van der Waals surface area contributed by atoms with Crippen molar-refractivity contribution >= 4 is 28.6 Å². The van der Waals surface area contributed by atoms with Gasteiger partial charge in [-0.05, 0) is 25.1 Å². The quantitative estimate of drug-likeness (QED) is 0.580. The van der Waals surface area contributed by atoms with Gasteiger partial charge in [-0.15, -0.1) is 0 Å². The molecule has 142 valence electrons. The monoisotopic (exact) mass is 373 g/mol. The van der Waals surface area contributed by atoms with Crippen LogP contribution in [0.25, 0.3) is 17.0 Å². The van der Waals surface area contributed by atoms with E-state index in [2.05, 4.69) is 11.4 Å². The second-order valence-corrected chi connectivity index (χ2v) is 6.32. The third kappa shape index (κ3) is 4.67. The third-order valence-electron chi connectivity index (χ3n) is 4.44. The standard InChI is InChI=1S/C23H23N3O2/c1-2-28-17-19-8-3-5-10-21(19)25-23(27)13-12-18-16-26(15-7-14-24)22-11-6-4-9-20(18)22/h3-6,8-13,16H,2,7,15,17H2,1H3,(H,25,27). The SMILES string of the molecule is CCOCc1ccccc1NC(=O)C=Cc1cn(CCC#N)c2ccccc12. The first kappa shape index (κ1) is 19.4. The molecule has 5 heteroatoms. The third-order valence-corrected chi connectivity index (χ3v) is 4.44. The summed E-state index contributed by atoms with van der Waals surface area (Å²) in [6, 6.07) is 17.8. The maximum Gasteiger partial charge on any atom is 0.248 e. The van der Waals surface area contributed by atoms with E-state index in [9.17, 15) is 4.79 Å². The number of aryl methyl sites for hydroxylation is 1. The van der Waals surface area contributed by atoms with E-state index >= 15 is 0 Å². The molecule has 0 radical (unpaired) electrons. The number of anilines is 1. The summed E-state index contributed by atoms with van der Waals surface area (Å²) >= 11 is 0. The van der Waals surface area contributed by atoms with E-state index < -0.39 is 0 Å². The number of hydrogen-bond donors (Lipinski definition) is 1. The van der Waals surface area contributed by atoms with Gasteiger partial charge in [0.05, 0.1) is 19.1 Å². The lowest BCUT2D eigenvalue weighted by molar-refractivity contribution is -0.111. The van der Waals surface area contributed by atoms with Crippen molar-refractivity contribution in [3.05, 3.63) is 71.9 Å². The highest BCUT2D eigenvalue weighted by molar-refractivity contribution is 6.03. The second-order valence-electron chi connectivity index (χ2n) is 6.32. The molecular weight excluding hydrogens is 350 g/mol. The summed E-state index contributed by atoms with van der Waals surface area (Å²) in [5.74, 6) is -0.196. The number of benzene rings is 2. The zero-order chi connectivity index (χ0) is 19.8. The molecule has 0 bridgehead atoms. The summed E-state index contributed by atoms with van der Waals surface area (Å²) in [5.41, 5.74) is 3.70. The Bertz CT molecular complexity index is 1030. The van der Waals surface area contributed by atoms with Crippen LogP contribution in [-0.2, 0) is 22.7 Å². The smallest absolute Gasteiger partial charge is 0.248 e. The molecule has 3 rings (SSSR count). The fourth-order valence-corrected chi connectivity index (χ4v) is 3.08. The number of hydrogen-bond acceptors (Lipinski definition) is 3. The molecule has 28 heavy (non-hydrogen) atoms. The molecule has 2 aromatic carbocycles. The number of carbonyl (C=O) groups is 1. The topological polar surface area (TPSA) is 67.0 Å². The van der Waals surface area contributed by atoms with Crippen molar-refractivity contribution in [1.29, 1.82) is 5.26 Å². The minimum Gasteiger partial charge on any atom is -0.377 e. The van der Waals surface area contributed by atoms with E-state index in [-0.39, 0.29) is 5.91 Å². The van der Waals surface area contributed by atoms with Crippen LogP contribution < -0.4 is 5.32 Å². The van der Waals surface area contributed by atoms with Crippen molar-refractivity contribution in [2.24, 2.45) is 0 Å². The van der Waals surface area contributed by atoms with Gasteiger partial charge < -0.3 is 14.6 Å². The summed E-state index contributed by atoms with van der Waals surface area (Å²) < 4.78 is 7.51. The average Bonchev–Trinajstić information content (AvgIpc) is 3.08. The van der Waals surface area contributed by atoms with Crippen molar-refractivity contribution in [2.75, 3.05) is 11.9 Å². The number of carbonyl (C=O) groups excluding carboxylic acids is 1. The first-order valence-electron chi connectivity index (χ1n) is 9.32. The minimum absolute atomic E-state index is 0.196. The van der Waals surface area contributed by atoms with Crippen molar-refractivity contribution in [1.82, 2.24) is 4.57 Å². The molecule has 0 fully saturated rings. The molecule has 0 saturated carbocycles. The molecule has 1 amide bonds. The van der Waals surface area contributed by atoms with E-state index in [1.165, 1.54) is 6.08 Å². The van der Waals surface area contributed by atoms with Crippen LogP contribution in [0.2, 0.25) is 0 Å². The maximum absolute atomic E-state index is 12.4. The van der Waals surface area contributed by atoms with Crippen LogP contribution in [0.3, 0.4) is 0 Å². The number of amides is 1. The summed E-state index contributed by atoms with van der Waals surface area (Å²) in [6.07, 6.45) is 5.77. The largest absolute Gasteiger partial charge is 0.377 e. The molecule has 0 aliphatic heterocycles. The highest BCUT2D eigenvalue weighted by atomic mass is 16.5. The van der Waals surface area contributed by atoms with Crippen LogP contribution in [0.15, 0.2) is 60.8 Å². The Hall–Kier alpha value is -3.36. The van der Waals surface area contributed by atoms with Crippen LogP contribution in [0.1, 0.15) is 24.5 Å². The van der Waals surface area contributed by atoms with Crippen LogP contribution >= 0.6 is 0 Å². The van der Waals surface area contributed by atoms with Gasteiger partial charge in [0.25, 0.3) is 0 Å². The van der Waals surface area contributed by atoms with Gasteiger partial charge in [0.1, 0.15) is 0 Å². The van der Waals surface area contributed by atoms with Gasteiger partial charge in [-0.25, -0.2) is 0 Å². The number of para-hydroxylation sites is 2. The maximum atomic E-state index is 12.4. The van der Waals surface area contributed by atoms with E-state index in [0.29, 0.717) is 26.2 Å². The van der Waals surface area contributed by atoms with Gasteiger partial charge in [-0.3, -0.25) is 4.79 Å². The summed E-state index contributed by atoms with van der Waals surface area (Å²) in [6.45, 7) is 3.65. The zero-order valence-electron chi connectivity index (χ0n) is 15.9. The molecule has 1 aromatic heterocycles. The summed E-state index contributed by atoms with van der Waals surface area (Å²) in [7, 11) is 0. The molecule has 0 saturated heterocycles. The molecule has 0 unspecified atom stereocenters. The van der Waals surface area contributed by atoms with Crippen molar-refractivity contribution in [3.8, 4) is 6.07 Å². The Kier molecular flexibility index (Phi) is 6.61. The van der Waals surface area contributed by atoms with Gasteiger partial charge in [0.2, 0.25) is 5.91 Å². The van der Waals surface area contributed by atoms with Crippen LogP contribution in [0, 0.1) is 11.3 Å². The van der Waals surface area contributed by atoms with Gasteiger partial charge in [0.15, 0.2) is 0 Å². The van der Waals surface area contributed by atoms with E-state index in [0.717, 1.165) is 27.7 Å². The van der Waals surface area contributed by atoms with E-state index in [4.69, 9.17) is 10.00 Å². The number of fused-ring (bicyclic) bond motifs is 1. The van der Waals surface area contributed by atoms with Crippen LogP contribution in [-0.4, -0.2) is 17.1 Å².